The van der Waals surface area contributed by atoms with Gasteiger partial charge in [-0.2, -0.15) is 0 Å². The largest absolute Gasteiger partial charge is 0.489 e. The molecule has 2 rings (SSSR count). The molecule has 1 amide bonds. The molecule has 0 spiro atoms. The summed E-state index contributed by atoms with van der Waals surface area (Å²) >= 11 is 0. The van der Waals surface area contributed by atoms with Crippen LogP contribution in [0.4, 0.5) is 0 Å². The molecule has 2 aromatic rings. The van der Waals surface area contributed by atoms with Gasteiger partial charge in [-0.15, -0.1) is 0 Å². The van der Waals surface area contributed by atoms with E-state index in [1.54, 1.807) is 18.2 Å². The lowest BCUT2D eigenvalue weighted by molar-refractivity contribution is -0.126. The molecule has 1 unspecified atom stereocenters. The fraction of sp³-hybridized carbons (Fsp3) is 0.188. The van der Waals surface area contributed by atoms with E-state index in [9.17, 15) is 9.90 Å². The van der Waals surface area contributed by atoms with E-state index in [1.165, 1.54) is 0 Å². The maximum absolute atomic E-state index is 11.1. The zero-order chi connectivity index (χ0) is 14.5. The average Bonchev–Trinajstić information content (AvgIpc) is 2.46. The summed E-state index contributed by atoms with van der Waals surface area (Å²) in [5, 5.41) is 9.80. The van der Waals surface area contributed by atoms with Crippen molar-refractivity contribution in [3.05, 3.63) is 65.2 Å². The second kappa shape index (κ2) is 6.21. The van der Waals surface area contributed by atoms with Crippen LogP contribution in [0, 0.1) is 6.92 Å². The van der Waals surface area contributed by atoms with Crippen LogP contribution in [0.15, 0.2) is 48.5 Å². The molecule has 0 fully saturated rings. The smallest absolute Gasteiger partial charge is 0.250 e. The highest BCUT2D eigenvalue weighted by atomic mass is 16.5. The third-order valence-electron chi connectivity index (χ3n) is 3.10. The zero-order valence-corrected chi connectivity index (χ0v) is 11.2. The number of benzene rings is 2. The molecule has 104 valence electrons. The number of hydrogen-bond donors (Lipinski definition) is 2. The summed E-state index contributed by atoms with van der Waals surface area (Å²) in [5.74, 6) is 0.00390. The van der Waals surface area contributed by atoms with E-state index in [-0.39, 0.29) is 6.61 Å². The highest BCUT2D eigenvalue weighted by Crippen LogP contribution is 2.22. The number of carbonyl (C=O) groups is 1. The fourth-order valence-corrected chi connectivity index (χ4v) is 1.96. The van der Waals surface area contributed by atoms with Gasteiger partial charge in [-0.1, -0.05) is 42.5 Å². The van der Waals surface area contributed by atoms with E-state index in [0.29, 0.717) is 5.56 Å². The van der Waals surface area contributed by atoms with Crippen LogP contribution in [0.5, 0.6) is 5.75 Å². The molecule has 0 saturated heterocycles. The normalized spacial score (nSPS) is 11.9. The molecular formula is C16H17NO3. The standard InChI is InChI=1S/C16H17NO3/c1-11-6-2-5-9-14(11)20-10-12-7-3-4-8-13(12)15(18)16(17)19/h2-9,15,18H,10H2,1H3,(H2,17,19). The number of ether oxygens (including phenoxy) is 1. The van der Waals surface area contributed by atoms with Crippen LogP contribution < -0.4 is 10.5 Å². The Hall–Kier alpha value is -2.33. The monoisotopic (exact) mass is 271 g/mol. The van der Waals surface area contributed by atoms with E-state index < -0.39 is 12.0 Å². The Kier molecular flexibility index (Phi) is 4.38. The molecule has 0 aliphatic heterocycles. The molecule has 0 aliphatic carbocycles. The minimum atomic E-state index is -1.31. The number of nitrogens with two attached hydrogens (primary N) is 1. The van der Waals surface area contributed by atoms with Gasteiger partial charge in [0.15, 0.2) is 6.10 Å². The topological polar surface area (TPSA) is 72.6 Å². The van der Waals surface area contributed by atoms with Gasteiger partial charge < -0.3 is 15.6 Å². The molecular weight excluding hydrogens is 254 g/mol. The van der Waals surface area contributed by atoms with Gasteiger partial charge in [0.1, 0.15) is 12.4 Å². The van der Waals surface area contributed by atoms with E-state index in [2.05, 4.69) is 0 Å². The fourth-order valence-electron chi connectivity index (χ4n) is 1.96. The molecule has 4 heteroatoms. The minimum Gasteiger partial charge on any atom is -0.489 e. The summed E-state index contributed by atoms with van der Waals surface area (Å²) in [6.45, 7) is 2.23. The minimum absolute atomic E-state index is 0.269. The van der Waals surface area contributed by atoms with Crippen molar-refractivity contribution < 1.29 is 14.6 Å². The Morgan fingerprint density at radius 3 is 2.55 bits per heavy atom. The number of aryl methyl sites for hydroxylation is 1. The van der Waals surface area contributed by atoms with Crippen LogP contribution in [0.3, 0.4) is 0 Å². The number of aliphatic hydroxyl groups excluding tert-OH is 1. The molecule has 4 nitrogen and oxygen atoms in total. The van der Waals surface area contributed by atoms with Gasteiger partial charge >= 0.3 is 0 Å². The van der Waals surface area contributed by atoms with Crippen molar-refractivity contribution in [2.45, 2.75) is 19.6 Å². The SMILES string of the molecule is Cc1ccccc1OCc1ccccc1C(O)C(N)=O. The molecule has 1 atom stereocenters. The summed E-state index contributed by atoms with van der Waals surface area (Å²) in [4.78, 5) is 11.1. The maximum Gasteiger partial charge on any atom is 0.250 e. The Morgan fingerprint density at radius 2 is 1.85 bits per heavy atom. The Balaban J connectivity index is 2.18. The Labute approximate surface area is 117 Å². The predicted molar refractivity (Wildman–Crippen MR) is 76.1 cm³/mol. The summed E-state index contributed by atoms with van der Waals surface area (Å²) in [6, 6.07) is 14.7. The number of rotatable bonds is 5. The first-order chi connectivity index (χ1) is 9.59. The first-order valence-corrected chi connectivity index (χ1v) is 6.33. The van der Waals surface area contributed by atoms with Crippen molar-refractivity contribution in [2.75, 3.05) is 0 Å². The van der Waals surface area contributed by atoms with Crippen molar-refractivity contribution in [3.8, 4) is 5.75 Å². The van der Waals surface area contributed by atoms with Crippen LogP contribution in [-0.4, -0.2) is 11.0 Å². The maximum atomic E-state index is 11.1. The Bertz CT molecular complexity index is 610. The molecule has 0 heterocycles. The third-order valence-corrected chi connectivity index (χ3v) is 3.10. The first-order valence-electron chi connectivity index (χ1n) is 6.33. The Morgan fingerprint density at radius 1 is 1.20 bits per heavy atom. The van der Waals surface area contributed by atoms with Crippen LogP contribution in [0.2, 0.25) is 0 Å². The van der Waals surface area contributed by atoms with Crippen molar-refractivity contribution in [1.29, 1.82) is 0 Å². The van der Waals surface area contributed by atoms with E-state index in [0.717, 1.165) is 16.9 Å². The second-order valence-corrected chi connectivity index (χ2v) is 4.56. The van der Waals surface area contributed by atoms with Crippen LogP contribution in [0.25, 0.3) is 0 Å². The molecule has 0 radical (unpaired) electrons. The van der Waals surface area contributed by atoms with Gasteiger partial charge in [-0.05, 0) is 29.7 Å². The molecule has 0 aliphatic rings. The number of amides is 1. The number of primary amides is 1. The van der Waals surface area contributed by atoms with Gasteiger partial charge in [0.2, 0.25) is 0 Å². The molecule has 0 bridgehead atoms. The summed E-state index contributed by atoms with van der Waals surface area (Å²) in [7, 11) is 0. The highest BCUT2D eigenvalue weighted by Gasteiger charge is 2.17. The molecule has 0 saturated carbocycles. The summed E-state index contributed by atoms with van der Waals surface area (Å²) in [5.41, 5.74) is 7.38. The van der Waals surface area contributed by atoms with Gasteiger partial charge in [0.05, 0.1) is 0 Å². The van der Waals surface area contributed by atoms with Gasteiger partial charge in [0, 0.05) is 0 Å². The van der Waals surface area contributed by atoms with E-state index >= 15 is 0 Å². The van der Waals surface area contributed by atoms with Crippen molar-refractivity contribution in [2.24, 2.45) is 5.73 Å². The molecule has 3 N–H and O–H groups in total. The van der Waals surface area contributed by atoms with Crippen molar-refractivity contribution in [1.82, 2.24) is 0 Å². The second-order valence-electron chi connectivity index (χ2n) is 4.56. The predicted octanol–water partition coefficient (Wildman–Crippen LogP) is 2.09. The quantitative estimate of drug-likeness (QED) is 0.874. The van der Waals surface area contributed by atoms with E-state index in [1.807, 2.05) is 37.3 Å². The third kappa shape index (κ3) is 3.16. The van der Waals surface area contributed by atoms with Crippen LogP contribution >= 0.6 is 0 Å². The van der Waals surface area contributed by atoms with E-state index in [4.69, 9.17) is 10.5 Å². The lowest BCUT2D eigenvalue weighted by Crippen LogP contribution is -2.22. The number of para-hydroxylation sites is 1. The first kappa shape index (κ1) is 14.1. The molecule has 20 heavy (non-hydrogen) atoms. The zero-order valence-electron chi connectivity index (χ0n) is 11.2. The molecule has 2 aromatic carbocycles. The van der Waals surface area contributed by atoms with Crippen molar-refractivity contribution in [3.63, 3.8) is 0 Å². The average molecular weight is 271 g/mol. The van der Waals surface area contributed by atoms with Crippen molar-refractivity contribution >= 4 is 5.91 Å². The number of aliphatic hydroxyl groups is 1. The lowest BCUT2D eigenvalue weighted by Gasteiger charge is -2.14. The highest BCUT2D eigenvalue weighted by molar-refractivity contribution is 5.80. The van der Waals surface area contributed by atoms with Gasteiger partial charge in [0.25, 0.3) is 5.91 Å². The number of carbonyl (C=O) groups excluding carboxylic acids is 1. The van der Waals surface area contributed by atoms with Crippen LogP contribution in [0.1, 0.15) is 22.8 Å². The number of hydrogen-bond acceptors (Lipinski definition) is 3. The lowest BCUT2D eigenvalue weighted by atomic mass is 10.0. The molecule has 0 aromatic heterocycles. The van der Waals surface area contributed by atoms with Gasteiger partial charge in [-0.25, -0.2) is 0 Å². The van der Waals surface area contributed by atoms with Crippen LogP contribution in [-0.2, 0) is 11.4 Å². The summed E-state index contributed by atoms with van der Waals surface area (Å²) in [6.07, 6.45) is -1.31. The van der Waals surface area contributed by atoms with Gasteiger partial charge in [-0.3, -0.25) is 4.79 Å². The summed E-state index contributed by atoms with van der Waals surface area (Å²) < 4.78 is 5.73.